The van der Waals surface area contributed by atoms with Gasteiger partial charge in [0.05, 0.1) is 6.61 Å². The molecule has 0 aliphatic carbocycles. The van der Waals surface area contributed by atoms with E-state index in [-0.39, 0.29) is 18.4 Å². The maximum absolute atomic E-state index is 11.4. The summed E-state index contributed by atoms with van der Waals surface area (Å²) in [6.07, 6.45) is 0.406. The van der Waals surface area contributed by atoms with Gasteiger partial charge in [-0.25, -0.2) is 0 Å². The van der Waals surface area contributed by atoms with Crippen molar-refractivity contribution in [2.75, 3.05) is 33.3 Å². The second kappa shape index (κ2) is 8.29. The largest absolute Gasteiger partial charge is 0.465 e. The first-order valence-electron chi connectivity index (χ1n) is 5.23. The third kappa shape index (κ3) is 6.12. The Morgan fingerprint density at radius 1 is 1.47 bits per heavy atom. The molecule has 0 aliphatic heterocycles. The first-order valence-corrected chi connectivity index (χ1v) is 5.23. The SMILES string of the molecule is BCC(=O)N(CCNC)CC(=O)OCC. The van der Waals surface area contributed by atoms with Crippen molar-refractivity contribution in [3.8, 4) is 0 Å². The lowest BCUT2D eigenvalue weighted by molar-refractivity contribution is -0.148. The summed E-state index contributed by atoms with van der Waals surface area (Å²) in [5, 5.41) is 2.94. The third-order valence-corrected chi connectivity index (χ3v) is 1.91. The molecular weight excluding hydrogens is 195 g/mol. The number of ether oxygens (including phenoxy) is 1. The third-order valence-electron chi connectivity index (χ3n) is 1.91. The quantitative estimate of drug-likeness (QED) is 0.420. The van der Waals surface area contributed by atoms with Crippen LogP contribution in [-0.2, 0) is 14.3 Å². The number of hydrogen-bond acceptors (Lipinski definition) is 4. The van der Waals surface area contributed by atoms with Crippen LogP contribution < -0.4 is 5.32 Å². The number of nitrogens with zero attached hydrogens (tertiary/aromatic N) is 1. The summed E-state index contributed by atoms with van der Waals surface area (Å²) < 4.78 is 4.79. The van der Waals surface area contributed by atoms with Crippen LogP contribution in [0, 0.1) is 0 Å². The average molecular weight is 214 g/mol. The zero-order valence-corrected chi connectivity index (χ0v) is 9.71. The van der Waals surface area contributed by atoms with Gasteiger partial charge in [0.25, 0.3) is 0 Å². The number of esters is 1. The molecule has 6 heteroatoms. The minimum atomic E-state index is -0.351. The van der Waals surface area contributed by atoms with Crippen molar-refractivity contribution in [3.63, 3.8) is 0 Å². The van der Waals surface area contributed by atoms with Gasteiger partial charge in [-0.1, -0.05) is 0 Å². The Kier molecular flexibility index (Phi) is 7.72. The van der Waals surface area contributed by atoms with Crippen LogP contribution in [0.1, 0.15) is 6.92 Å². The molecule has 0 saturated carbocycles. The predicted octanol–water partition coefficient (Wildman–Crippen LogP) is -1.35. The van der Waals surface area contributed by atoms with Crippen LogP contribution in [0.15, 0.2) is 0 Å². The molecule has 5 nitrogen and oxygen atoms in total. The first-order chi connectivity index (χ1) is 7.15. The fraction of sp³-hybridized carbons (Fsp3) is 0.778. The number of likely N-dealkylation sites (N-methyl/N-ethyl adjacent to an activating group) is 1. The molecule has 0 rings (SSSR count). The van der Waals surface area contributed by atoms with Gasteiger partial charge in [0.1, 0.15) is 14.4 Å². The van der Waals surface area contributed by atoms with Crippen molar-refractivity contribution in [2.24, 2.45) is 0 Å². The van der Waals surface area contributed by atoms with Crippen molar-refractivity contribution in [1.82, 2.24) is 10.2 Å². The van der Waals surface area contributed by atoms with E-state index in [0.717, 1.165) is 0 Å². The summed E-state index contributed by atoms with van der Waals surface area (Å²) in [6, 6.07) is 0. The number of rotatable bonds is 7. The standard InChI is InChI=1S/C9H19BN2O3/c1-3-15-9(14)7-12(5-4-11-2)8(13)6-10/h11H,3-7,10H2,1-2H3. The van der Waals surface area contributed by atoms with E-state index in [1.807, 2.05) is 0 Å². The van der Waals surface area contributed by atoms with Gasteiger partial charge in [-0.2, -0.15) is 0 Å². The summed E-state index contributed by atoms with van der Waals surface area (Å²) in [5.74, 6) is -0.381. The Hall–Kier alpha value is -1.04. The van der Waals surface area contributed by atoms with Gasteiger partial charge >= 0.3 is 5.97 Å². The van der Waals surface area contributed by atoms with E-state index < -0.39 is 0 Å². The molecule has 0 radical (unpaired) electrons. The van der Waals surface area contributed by atoms with Crippen LogP contribution >= 0.6 is 0 Å². The highest BCUT2D eigenvalue weighted by Crippen LogP contribution is 1.94. The molecule has 0 spiro atoms. The molecular formula is C9H19BN2O3. The van der Waals surface area contributed by atoms with Crippen LogP contribution in [0.25, 0.3) is 0 Å². The van der Waals surface area contributed by atoms with E-state index >= 15 is 0 Å². The Labute approximate surface area is 91.6 Å². The second-order valence-electron chi connectivity index (χ2n) is 3.08. The molecule has 0 aromatic rings. The van der Waals surface area contributed by atoms with E-state index in [1.54, 1.807) is 21.8 Å². The maximum atomic E-state index is 11.4. The Morgan fingerprint density at radius 2 is 2.13 bits per heavy atom. The Balaban J connectivity index is 4.11. The van der Waals surface area contributed by atoms with Gasteiger partial charge in [-0.05, 0) is 20.3 Å². The average Bonchev–Trinajstić information content (AvgIpc) is 2.23. The van der Waals surface area contributed by atoms with Gasteiger partial charge in [0.2, 0.25) is 5.91 Å². The molecule has 0 unspecified atom stereocenters. The Morgan fingerprint density at radius 3 is 2.60 bits per heavy atom. The van der Waals surface area contributed by atoms with E-state index in [0.29, 0.717) is 26.0 Å². The molecule has 0 bridgehead atoms. The van der Waals surface area contributed by atoms with E-state index in [1.165, 1.54) is 4.90 Å². The van der Waals surface area contributed by atoms with Crippen LogP contribution in [0.2, 0.25) is 6.32 Å². The van der Waals surface area contributed by atoms with E-state index in [9.17, 15) is 9.59 Å². The molecule has 0 atom stereocenters. The number of carbonyl (C=O) groups excluding carboxylic acids is 2. The molecule has 1 N–H and O–H groups in total. The van der Waals surface area contributed by atoms with Gasteiger partial charge in [0.15, 0.2) is 0 Å². The molecule has 0 aromatic carbocycles. The van der Waals surface area contributed by atoms with Crippen LogP contribution in [0.5, 0.6) is 0 Å². The number of hydrogen-bond donors (Lipinski definition) is 1. The lowest BCUT2D eigenvalue weighted by Gasteiger charge is -2.20. The minimum absolute atomic E-state index is 0.0293. The van der Waals surface area contributed by atoms with Crippen LogP contribution in [0.4, 0.5) is 0 Å². The lowest BCUT2D eigenvalue weighted by Crippen LogP contribution is -2.40. The summed E-state index contributed by atoms with van der Waals surface area (Å²) >= 11 is 0. The predicted molar refractivity (Wildman–Crippen MR) is 60.5 cm³/mol. The molecule has 0 aromatic heterocycles. The van der Waals surface area contributed by atoms with E-state index in [2.05, 4.69) is 5.32 Å². The maximum Gasteiger partial charge on any atom is 0.325 e. The van der Waals surface area contributed by atoms with Gasteiger partial charge in [-0.15, -0.1) is 0 Å². The molecule has 15 heavy (non-hydrogen) atoms. The normalized spacial score (nSPS) is 9.73. The fourth-order valence-corrected chi connectivity index (χ4v) is 1.12. The number of amides is 1. The summed E-state index contributed by atoms with van der Waals surface area (Å²) in [5.41, 5.74) is 0. The summed E-state index contributed by atoms with van der Waals surface area (Å²) in [6.45, 7) is 3.34. The highest BCUT2D eigenvalue weighted by atomic mass is 16.5. The molecule has 0 saturated heterocycles. The smallest absolute Gasteiger partial charge is 0.325 e. The van der Waals surface area contributed by atoms with Gasteiger partial charge in [-0.3, -0.25) is 9.59 Å². The lowest BCUT2D eigenvalue weighted by atomic mass is 10.0. The number of nitrogens with one attached hydrogen (secondary N) is 1. The van der Waals surface area contributed by atoms with Crippen molar-refractivity contribution < 1.29 is 14.3 Å². The zero-order valence-electron chi connectivity index (χ0n) is 9.71. The zero-order chi connectivity index (χ0) is 11.7. The summed E-state index contributed by atoms with van der Waals surface area (Å²) in [4.78, 5) is 24.2. The van der Waals surface area contributed by atoms with Crippen LogP contribution in [0.3, 0.4) is 0 Å². The monoisotopic (exact) mass is 214 g/mol. The van der Waals surface area contributed by atoms with Gasteiger partial charge < -0.3 is 15.0 Å². The van der Waals surface area contributed by atoms with Gasteiger partial charge in [0, 0.05) is 13.1 Å². The van der Waals surface area contributed by atoms with E-state index in [4.69, 9.17) is 4.74 Å². The highest BCUT2D eigenvalue weighted by Gasteiger charge is 2.15. The van der Waals surface area contributed by atoms with Crippen molar-refractivity contribution in [3.05, 3.63) is 0 Å². The van der Waals surface area contributed by atoms with Crippen molar-refractivity contribution in [1.29, 1.82) is 0 Å². The topological polar surface area (TPSA) is 58.6 Å². The molecule has 0 aliphatic rings. The summed E-state index contributed by atoms with van der Waals surface area (Å²) in [7, 11) is 3.58. The second-order valence-corrected chi connectivity index (χ2v) is 3.08. The van der Waals surface area contributed by atoms with Crippen molar-refractivity contribution >= 4 is 19.7 Å². The first kappa shape index (κ1) is 14.0. The molecule has 0 fully saturated rings. The Bertz CT molecular complexity index is 212. The number of carbonyl (C=O) groups is 2. The molecule has 0 heterocycles. The van der Waals surface area contributed by atoms with Crippen LogP contribution in [-0.4, -0.2) is 57.9 Å². The highest BCUT2D eigenvalue weighted by molar-refractivity contribution is 6.19. The fourth-order valence-electron chi connectivity index (χ4n) is 1.12. The molecule has 86 valence electrons. The molecule has 1 amide bonds. The van der Waals surface area contributed by atoms with Crippen molar-refractivity contribution in [2.45, 2.75) is 13.2 Å². The minimum Gasteiger partial charge on any atom is -0.465 e.